The fourth-order valence-corrected chi connectivity index (χ4v) is 5.41. The predicted octanol–water partition coefficient (Wildman–Crippen LogP) is 3.68. The summed E-state index contributed by atoms with van der Waals surface area (Å²) in [6, 6.07) is 7.04. The highest BCUT2D eigenvalue weighted by Crippen LogP contribution is 2.38. The van der Waals surface area contributed by atoms with E-state index in [-0.39, 0.29) is 10.6 Å². The summed E-state index contributed by atoms with van der Waals surface area (Å²) in [7, 11) is -4.00. The number of carbonyl (C=O) groups is 1. The molecule has 4 rings (SSSR count). The van der Waals surface area contributed by atoms with E-state index in [1.165, 1.54) is 29.3 Å². The molecule has 8 heteroatoms. The quantitative estimate of drug-likeness (QED) is 0.772. The molecule has 1 amide bonds. The molecule has 5 nitrogen and oxygen atoms in total. The number of fused-ring (bicyclic) bond motifs is 2. The molecule has 0 fully saturated rings. The van der Waals surface area contributed by atoms with E-state index in [9.17, 15) is 22.0 Å². The monoisotopic (exact) mass is 421 g/mol. The van der Waals surface area contributed by atoms with Crippen LogP contribution in [-0.2, 0) is 40.3 Å². The lowest BCUT2D eigenvalue weighted by Gasteiger charge is -2.16. The molecule has 0 radical (unpaired) electrons. The third-order valence-electron chi connectivity index (χ3n) is 5.45. The summed E-state index contributed by atoms with van der Waals surface area (Å²) in [5.41, 5.74) is 5.48. The maximum atomic E-state index is 12.6. The average molecular weight is 421 g/mol. The Labute approximate surface area is 168 Å². The SMILES string of the molecule is O=C(CS(=O)(=O)c1cccc(OC(F)F)c1)Nc1c2c(cc3c1CCC3)CCC2. The molecule has 0 heterocycles. The molecule has 0 aromatic heterocycles. The van der Waals surface area contributed by atoms with Crippen LogP contribution >= 0.6 is 0 Å². The summed E-state index contributed by atoms with van der Waals surface area (Å²) >= 11 is 0. The van der Waals surface area contributed by atoms with Crippen molar-refractivity contribution < 1.29 is 26.7 Å². The molecule has 1 N–H and O–H groups in total. The molecule has 0 aliphatic heterocycles. The molecule has 0 spiro atoms. The Kier molecular flexibility index (Phi) is 5.29. The van der Waals surface area contributed by atoms with Gasteiger partial charge in [0.15, 0.2) is 9.84 Å². The third-order valence-corrected chi connectivity index (χ3v) is 7.06. The Morgan fingerprint density at radius 2 is 1.69 bits per heavy atom. The number of alkyl halides is 2. The molecule has 2 aromatic carbocycles. The normalized spacial score (nSPS) is 15.3. The van der Waals surface area contributed by atoms with Crippen molar-refractivity contribution in [2.45, 2.75) is 50.0 Å². The molecule has 0 unspecified atom stereocenters. The fraction of sp³-hybridized carbons (Fsp3) is 0.381. The first-order valence-corrected chi connectivity index (χ1v) is 11.2. The number of aryl methyl sites for hydroxylation is 2. The van der Waals surface area contributed by atoms with E-state index in [4.69, 9.17) is 0 Å². The molecule has 0 saturated carbocycles. The van der Waals surface area contributed by atoms with Gasteiger partial charge in [-0.2, -0.15) is 8.78 Å². The van der Waals surface area contributed by atoms with Gasteiger partial charge in [0, 0.05) is 5.69 Å². The number of hydrogen-bond donors (Lipinski definition) is 1. The molecule has 2 aliphatic carbocycles. The fourth-order valence-electron chi connectivity index (χ4n) is 4.24. The smallest absolute Gasteiger partial charge is 0.387 e. The van der Waals surface area contributed by atoms with Gasteiger partial charge in [0.1, 0.15) is 11.5 Å². The Bertz CT molecular complexity index is 1030. The largest absolute Gasteiger partial charge is 0.435 e. The zero-order chi connectivity index (χ0) is 20.6. The van der Waals surface area contributed by atoms with Gasteiger partial charge in [-0.05, 0) is 79.0 Å². The van der Waals surface area contributed by atoms with Gasteiger partial charge >= 0.3 is 6.61 Å². The van der Waals surface area contributed by atoms with Crippen molar-refractivity contribution >= 4 is 21.4 Å². The van der Waals surface area contributed by atoms with Gasteiger partial charge in [-0.3, -0.25) is 4.79 Å². The minimum Gasteiger partial charge on any atom is -0.435 e. The minimum atomic E-state index is -4.00. The molecular weight excluding hydrogens is 400 g/mol. The van der Waals surface area contributed by atoms with E-state index < -0.39 is 28.1 Å². The Morgan fingerprint density at radius 1 is 1.03 bits per heavy atom. The second-order valence-electron chi connectivity index (χ2n) is 7.39. The number of hydrogen-bond acceptors (Lipinski definition) is 4. The minimum absolute atomic E-state index is 0.227. The van der Waals surface area contributed by atoms with Gasteiger partial charge in [-0.25, -0.2) is 8.42 Å². The van der Waals surface area contributed by atoms with E-state index in [2.05, 4.69) is 16.1 Å². The second kappa shape index (κ2) is 7.74. The number of nitrogens with one attached hydrogen (secondary N) is 1. The summed E-state index contributed by atoms with van der Waals surface area (Å²) in [6.45, 7) is -3.06. The Balaban J connectivity index is 1.55. The van der Waals surface area contributed by atoms with E-state index in [1.807, 2.05) is 0 Å². The number of sulfone groups is 1. The Morgan fingerprint density at radius 3 is 2.31 bits per heavy atom. The maximum Gasteiger partial charge on any atom is 0.387 e. The van der Waals surface area contributed by atoms with Crippen molar-refractivity contribution in [2.75, 3.05) is 11.1 Å². The molecule has 0 atom stereocenters. The Hall–Kier alpha value is -2.48. The van der Waals surface area contributed by atoms with Crippen LogP contribution in [0.2, 0.25) is 0 Å². The predicted molar refractivity (Wildman–Crippen MR) is 104 cm³/mol. The summed E-state index contributed by atoms with van der Waals surface area (Å²) in [5, 5.41) is 2.85. The van der Waals surface area contributed by atoms with Gasteiger partial charge in [0.2, 0.25) is 5.91 Å². The first-order valence-electron chi connectivity index (χ1n) is 9.57. The van der Waals surface area contributed by atoms with Gasteiger partial charge in [0.25, 0.3) is 0 Å². The van der Waals surface area contributed by atoms with Gasteiger partial charge in [-0.1, -0.05) is 12.1 Å². The first-order chi connectivity index (χ1) is 13.8. The number of ether oxygens (including phenoxy) is 1. The first kappa shape index (κ1) is 19.8. The number of anilines is 1. The molecule has 0 saturated heterocycles. The van der Waals surface area contributed by atoms with Crippen molar-refractivity contribution in [3.63, 3.8) is 0 Å². The topological polar surface area (TPSA) is 72.5 Å². The van der Waals surface area contributed by atoms with E-state index >= 15 is 0 Å². The van der Waals surface area contributed by atoms with Gasteiger partial charge in [0.05, 0.1) is 4.90 Å². The van der Waals surface area contributed by atoms with Crippen molar-refractivity contribution in [2.24, 2.45) is 0 Å². The zero-order valence-corrected chi connectivity index (χ0v) is 16.5. The number of rotatable bonds is 6. The highest BCUT2D eigenvalue weighted by Gasteiger charge is 2.27. The van der Waals surface area contributed by atoms with Crippen LogP contribution in [0.5, 0.6) is 5.75 Å². The summed E-state index contributed by atoms with van der Waals surface area (Å²) in [5.74, 6) is -1.65. The molecule has 0 bridgehead atoms. The number of halogens is 2. The molecule has 29 heavy (non-hydrogen) atoms. The van der Waals surface area contributed by atoms with Crippen LogP contribution in [-0.4, -0.2) is 26.7 Å². The van der Waals surface area contributed by atoms with Crippen LogP contribution in [0.1, 0.15) is 35.1 Å². The second-order valence-corrected chi connectivity index (χ2v) is 9.38. The lowest BCUT2D eigenvalue weighted by Crippen LogP contribution is -2.24. The number of carbonyl (C=O) groups excluding carboxylic acids is 1. The summed E-state index contributed by atoms with van der Waals surface area (Å²) < 4.78 is 54.3. The van der Waals surface area contributed by atoms with Crippen molar-refractivity contribution in [3.8, 4) is 5.75 Å². The van der Waals surface area contributed by atoms with Crippen LogP contribution in [0.3, 0.4) is 0 Å². The number of benzene rings is 2. The van der Waals surface area contributed by atoms with Crippen molar-refractivity contribution in [1.29, 1.82) is 0 Å². The molecule has 154 valence electrons. The zero-order valence-electron chi connectivity index (χ0n) is 15.7. The van der Waals surface area contributed by atoms with Crippen molar-refractivity contribution in [1.82, 2.24) is 0 Å². The van der Waals surface area contributed by atoms with Crippen LogP contribution in [0.25, 0.3) is 0 Å². The highest BCUT2D eigenvalue weighted by atomic mass is 32.2. The van der Waals surface area contributed by atoms with Gasteiger partial charge < -0.3 is 10.1 Å². The molecule has 2 aromatic rings. The van der Waals surface area contributed by atoms with E-state index in [1.54, 1.807) is 0 Å². The third kappa shape index (κ3) is 4.12. The average Bonchev–Trinajstić information content (AvgIpc) is 3.29. The maximum absolute atomic E-state index is 12.6. The van der Waals surface area contributed by atoms with E-state index in [0.29, 0.717) is 0 Å². The lowest BCUT2D eigenvalue weighted by atomic mass is 9.98. The van der Waals surface area contributed by atoms with E-state index in [0.717, 1.165) is 61.4 Å². The number of amides is 1. The summed E-state index contributed by atoms with van der Waals surface area (Å²) in [6.07, 6.45) is 5.74. The summed E-state index contributed by atoms with van der Waals surface area (Å²) in [4.78, 5) is 12.4. The highest BCUT2D eigenvalue weighted by molar-refractivity contribution is 7.92. The van der Waals surface area contributed by atoms with Crippen LogP contribution < -0.4 is 10.1 Å². The van der Waals surface area contributed by atoms with Crippen LogP contribution in [0, 0.1) is 0 Å². The lowest BCUT2D eigenvalue weighted by molar-refractivity contribution is -0.113. The van der Waals surface area contributed by atoms with Gasteiger partial charge in [-0.15, -0.1) is 0 Å². The molecular formula is C21H21F2NO4S. The standard InChI is InChI=1S/C21H21F2NO4S/c22-21(23)28-15-6-3-7-16(11-15)29(26,27)12-19(25)24-20-17-8-1-4-13(17)10-14-5-2-9-18(14)20/h3,6-7,10-11,21H,1-2,4-5,8-9,12H2,(H,24,25). The van der Waals surface area contributed by atoms with Crippen molar-refractivity contribution in [3.05, 3.63) is 52.6 Å². The molecule has 2 aliphatic rings. The van der Waals surface area contributed by atoms with Crippen LogP contribution in [0.4, 0.5) is 14.5 Å². The van der Waals surface area contributed by atoms with Crippen LogP contribution in [0.15, 0.2) is 35.2 Å².